The Morgan fingerprint density at radius 2 is 1.40 bits per heavy atom. The maximum atomic E-state index is 3.53. The molecule has 0 radical (unpaired) electrons. The number of benzene rings is 2. The molecule has 0 saturated carbocycles. The van der Waals surface area contributed by atoms with Crippen molar-refractivity contribution in [3.63, 3.8) is 0 Å². The largest absolute Gasteiger partial charge is 0.281 e. The number of nitrogens with zero attached hydrogens (tertiary/aromatic N) is 1. The van der Waals surface area contributed by atoms with Gasteiger partial charge in [-0.2, -0.15) is 0 Å². The first-order chi connectivity index (χ1) is 12.2. The summed E-state index contributed by atoms with van der Waals surface area (Å²) in [7, 11) is 0. The van der Waals surface area contributed by atoms with Crippen molar-refractivity contribution in [2.45, 2.75) is 58.0 Å². The maximum Gasteiger partial charge on any atom is 0.0729 e. The predicted octanol–water partition coefficient (Wildman–Crippen LogP) is 5.96. The minimum Gasteiger partial charge on any atom is -0.281 e. The van der Waals surface area contributed by atoms with Gasteiger partial charge < -0.3 is 0 Å². The smallest absolute Gasteiger partial charge is 0.0729 e. The van der Waals surface area contributed by atoms with E-state index in [4.69, 9.17) is 0 Å². The Kier molecular flexibility index (Phi) is 8.66. The summed E-state index contributed by atoms with van der Waals surface area (Å²) in [4.78, 5) is 2.52. The molecule has 0 fully saturated rings. The molecule has 2 aromatic rings. The predicted molar refractivity (Wildman–Crippen MR) is 111 cm³/mol. The Hall–Kier alpha value is -1.69. The highest BCUT2D eigenvalue weighted by Gasteiger charge is 2.16. The molecule has 0 saturated heterocycles. The summed E-state index contributed by atoms with van der Waals surface area (Å²) in [5, 5.41) is 3.89. The van der Waals surface area contributed by atoms with E-state index in [1.165, 1.54) is 11.1 Å². The second-order valence-electron chi connectivity index (χ2n) is 6.59. The van der Waals surface area contributed by atoms with Crippen LogP contribution in [0.4, 0.5) is 0 Å². The van der Waals surface area contributed by atoms with Crippen molar-refractivity contribution in [1.29, 1.82) is 0 Å². The fourth-order valence-electron chi connectivity index (χ4n) is 2.75. The molecule has 0 aromatic heterocycles. The van der Waals surface area contributed by atoms with E-state index in [0.717, 1.165) is 25.9 Å². The lowest BCUT2D eigenvalue weighted by Gasteiger charge is -2.28. The molecule has 0 unspecified atom stereocenters. The first kappa shape index (κ1) is 19.6. The molecule has 1 atom stereocenters. The van der Waals surface area contributed by atoms with Gasteiger partial charge in [-0.25, -0.2) is 0 Å². The Morgan fingerprint density at radius 3 is 1.84 bits per heavy atom. The van der Waals surface area contributed by atoms with Crippen LogP contribution in [0.15, 0.2) is 60.7 Å². The van der Waals surface area contributed by atoms with Gasteiger partial charge >= 0.3 is 0 Å². The molecule has 0 aliphatic rings. The standard InChI is InChI=1S/C23H29NS/c1-4-11-23(16-17-25-20(2)3)24(18-21-12-7-5-8-13-21)19-22-14-9-6-10-15-22/h5-10,12-15,20,23H,4,11,18-19H2,1-3H3/t23-/m1/s1. The van der Waals surface area contributed by atoms with Crippen LogP contribution in [0.5, 0.6) is 0 Å². The molecule has 0 amide bonds. The average Bonchev–Trinajstić information content (AvgIpc) is 2.62. The van der Waals surface area contributed by atoms with Crippen molar-refractivity contribution in [2.75, 3.05) is 0 Å². The van der Waals surface area contributed by atoms with Crippen molar-refractivity contribution < 1.29 is 0 Å². The van der Waals surface area contributed by atoms with Crippen LogP contribution in [0.2, 0.25) is 0 Å². The van der Waals surface area contributed by atoms with Crippen molar-refractivity contribution in [2.24, 2.45) is 0 Å². The molecule has 0 bridgehead atoms. The van der Waals surface area contributed by atoms with Crippen LogP contribution >= 0.6 is 11.8 Å². The third-order valence-corrected chi connectivity index (χ3v) is 4.69. The number of thioether (sulfide) groups is 1. The molecule has 0 aliphatic carbocycles. The summed E-state index contributed by atoms with van der Waals surface area (Å²) in [5.74, 6) is 3.53. The highest BCUT2D eigenvalue weighted by Crippen LogP contribution is 2.17. The van der Waals surface area contributed by atoms with Crippen LogP contribution in [-0.4, -0.2) is 16.2 Å². The summed E-state index contributed by atoms with van der Waals surface area (Å²) < 4.78 is 0. The normalized spacial score (nSPS) is 12.0. The number of hydrogen-bond donors (Lipinski definition) is 0. The van der Waals surface area contributed by atoms with Crippen LogP contribution in [-0.2, 0) is 13.1 Å². The second-order valence-corrected chi connectivity index (χ2v) is 7.98. The molecule has 1 nitrogen and oxygen atoms in total. The van der Waals surface area contributed by atoms with Crippen LogP contribution in [0, 0.1) is 11.2 Å². The minimum absolute atomic E-state index is 0.289. The fraction of sp³-hybridized carbons (Fsp3) is 0.391. The first-order valence-corrected chi connectivity index (χ1v) is 10.0. The van der Waals surface area contributed by atoms with Gasteiger partial charge in [-0.05, 0) is 22.8 Å². The van der Waals surface area contributed by atoms with Crippen LogP contribution < -0.4 is 0 Å². The van der Waals surface area contributed by atoms with Gasteiger partial charge in [0.15, 0.2) is 0 Å². The van der Waals surface area contributed by atoms with E-state index in [-0.39, 0.29) is 6.04 Å². The highest BCUT2D eigenvalue weighted by molar-refractivity contribution is 8.04. The van der Waals surface area contributed by atoms with E-state index in [2.05, 4.69) is 97.5 Å². The molecule has 2 heteroatoms. The summed E-state index contributed by atoms with van der Waals surface area (Å²) >= 11 is 1.73. The number of rotatable bonds is 8. The summed E-state index contributed by atoms with van der Waals surface area (Å²) in [6.07, 6.45) is 2.25. The summed E-state index contributed by atoms with van der Waals surface area (Å²) in [5.41, 5.74) is 2.69. The zero-order valence-electron chi connectivity index (χ0n) is 15.6. The Balaban J connectivity index is 2.20. The van der Waals surface area contributed by atoms with E-state index in [1.807, 2.05) is 0 Å². The Bertz CT molecular complexity index is 613. The third-order valence-electron chi connectivity index (χ3n) is 3.98. The molecule has 132 valence electrons. The summed E-state index contributed by atoms with van der Waals surface area (Å²) in [6, 6.07) is 21.7. The lowest BCUT2D eigenvalue weighted by Crippen LogP contribution is -2.33. The van der Waals surface area contributed by atoms with Gasteiger partial charge in [-0.1, -0.05) is 106 Å². The topological polar surface area (TPSA) is 3.24 Å². The molecule has 0 N–H and O–H groups in total. The van der Waals surface area contributed by atoms with Crippen molar-refractivity contribution in [1.82, 2.24) is 4.90 Å². The van der Waals surface area contributed by atoms with Gasteiger partial charge in [-0.15, -0.1) is 0 Å². The molecule has 2 aromatic carbocycles. The molecular formula is C23H29NS. The van der Waals surface area contributed by atoms with Crippen molar-refractivity contribution in [3.05, 3.63) is 71.8 Å². The quantitative estimate of drug-likeness (QED) is 0.540. The zero-order valence-corrected chi connectivity index (χ0v) is 16.4. The van der Waals surface area contributed by atoms with Gasteiger partial charge in [0.1, 0.15) is 0 Å². The Labute approximate surface area is 157 Å². The third kappa shape index (κ3) is 7.38. The van der Waals surface area contributed by atoms with Crippen LogP contribution in [0.1, 0.15) is 44.7 Å². The fourth-order valence-corrected chi connectivity index (χ4v) is 3.19. The van der Waals surface area contributed by atoms with Crippen molar-refractivity contribution in [3.8, 4) is 11.2 Å². The lowest BCUT2D eigenvalue weighted by molar-refractivity contribution is 0.208. The highest BCUT2D eigenvalue weighted by atomic mass is 32.2. The van der Waals surface area contributed by atoms with Gasteiger partial charge in [-0.3, -0.25) is 4.90 Å². The van der Waals surface area contributed by atoms with Gasteiger partial charge in [0, 0.05) is 18.3 Å². The van der Waals surface area contributed by atoms with Crippen molar-refractivity contribution >= 4 is 11.8 Å². The van der Waals surface area contributed by atoms with E-state index in [9.17, 15) is 0 Å². The summed E-state index contributed by atoms with van der Waals surface area (Å²) in [6.45, 7) is 8.50. The minimum atomic E-state index is 0.289. The van der Waals surface area contributed by atoms with E-state index in [1.54, 1.807) is 11.8 Å². The molecule has 25 heavy (non-hydrogen) atoms. The first-order valence-electron chi connectivity index (χ1n) is 9.17. The monoisotopic (exact) mass is 351 g/mol. The van der Waals surface area contributed by atoms with Gasteiger partial charge in [0.25, 0.3) is 0 Å². The van der Waals surface area contributed by atoms with E-state index >= 15 is 0 Å². The molecule has 0 aliphatic heterocycles. The van der Waals surface area contributed by atoms with Crippen LogP contribution in [0.3, 0.4) is 0 Å². The van der Waals surface area contributed by atoms with Gasteiger partial charge in [0.05, 0.1) is 6.04 Å². The molecule has 0 spiro atoms. The molecule has 0 heterocycles. The zero-order chi connectivity index (χ0) is 17.9. The molecule has 2 rings (SSSR count). The lowest BCUT2D eigenvalue weighted by atomic mass is 10.1. The van der Waals surface area contributed by atoms with E-state index < -0.39 is 0 Å². The average molecular weight is 352 g/mol. The van der Waals surface area contributed by atoms with E-state index in [0.29, 0.717) is 5.25 Å². The van der Waals surface area contributed by atoms with Crippen LogP contribution in [0.25, 0.3) is 0 Å². The maximum absolute atomic E-state index is 3.53. The Morgan fingerprint density at radius 1 is 0.880 bits per heavy atom. The molecular weight excluding hydrogens is 322 g/mol. The SMILES string of the molecule is CCC[C@H](C#CSC(C)C)N(Cc1ccccc1)Cc1ccccc1. The second kappa shape index (κ2) is 11.0. The number of hydrogen-bond acceptors (Lipinski definition) is 2. The van der Waals surface area contributed by atoms with Gasteiger partial charge in [0.2, 0.25) is 0 Å².